The van der Waals surface area contributed by atoms with E-state index < -0.39 is 5.41 Å². The molecule has 2 fully saturated rings. The lowest BCUT2D eigenvalue weighted by atomic mass is 9.71. The molecule has 4 nitrogen and oxygen atoms in total. The summed E-state index contributed by atoms with van der Waals surface area (Å²) in [6.07, 6.45) is 2.40. The Hall–Kier alpha value is -1.10. The summed E-state index contributed by atoms with van der Waals surface area (Å²) < 4.78 is 5.57. The number of carbonyl (C=O) groups excluding carboxylic acids is 1. The average molecular weight is 367 g/mol. The summed E-state index contributed by atoms with van der Waals surface area (Å²) in [6, 6.07) is 8.62. The van der Waals surface area contributed by atoms with E-state index in [4.69, 9.17) is 10.5 Å². The molecule has 0 saturated carbocycles. The Labute approximate surface area is 157 Å². The predicted molar refractivity (Wildman–Crippen MR) is 103 cm³/mol. The first-order valence-corrected chi connectivity index (χ1v) is 9.05. The van der Waals surface area contributed by atoms with E-state index in [2.05, 4.69) is 49.9 Å². The zero-order valence-corrected chi connectivity index (χ0v) is 16.4. The highest BCUT2D eigenvalue weighted by Crippen LogP contribution is 2.39. The van der Waals surface area contributed by atoms with Gasteiger partial charge in [-0.15, -0.1) is 12.4 Å². The third-order valence-corrected chi connectivity index (χ3v) is 5.96. The van der Waals surface area contributed by atoms with Crippen LogP contribution in [0.4, 0.5) is 0 Å². The minimum Gasteiger partial charge on any atom is -0.381 e. The van der Waals surface area contributed by atoms with Crippen molar-refractivity contribution < 1.29 is 9.53 Å². The topological polar surface area (TPSA) is 55.6 Å². The maximum Gasteiger partial charge on any atom is 0.233 e. The number of hydrogen-bond acceptors (Lipinski definition) is 3. The largest absolute Gasteiger partial charge is 0.381 e. The number of nitrogens with zero attached hydrogens (tertiary/aromatic N) is 1. The lowest BCUT2D eigenvalue weighted by molar-refractivity contribution is -0.144. The number of benzene rings is 1. The fourth-order valence-corrected chi connectivity index (χ4v) is 4.07. The molecule has 2 heterocycles. The van der Waals surface area contributed by atoms with Gasteiger partial charge in [0.1, 0.15) is 0 Å². The van der Waals surface area contributed by atoms with E-state index in [0.29, 0.717) is 13.2 Å². The van der Waals surface area contributed by atoms with Crippen LogP contribution in [0.2, 0.25) is 0 Å². The normalized spacial score (nSPS) is 25.1. The van der Waals surface area contributed by atoms with Crippen LogP contribution in [0.1, 0.15) is 44.2 Å². The fraction of sp³-hybridized carbons (Fsp3) is 0.650. The van der Waals surface area contributed by atoms with Crippen LogP contribution in [0, 0.1) is 12.3 Å². The monoisotopic (exact) mass is 366 g/mol. The number of piperidine rings is 1. The number of carbonyl (C=O) groups is 1. The van der Waals surface area contributed by atoms with E-state index in [0.717, 1.165) is 37.9 Å². The number of rotatable bonds is 2. The van der Waals surface area contributed by atoms with Gasteiger partial charge < -0.3 is 15.4 Å². The summed E-state index contributed by atoms with van der Waals surface area (Å²) in [6.45, 7) is 9.21. The highest BCUT2D eigenvalue weighted by molar-refractivity contribution is 5.88. The van der Waals surface area contributed by atoms with Crippen LogP contribution in [0.15, 0.2) is 24.3 Å². The molecule has 2 N–H and O–H groups in total. The van der Waals surface area contributed by atoms with Crippen LogP contribution >= 0.6 is 12.4 Å². The van der Waals surface area contributed by atoms with Crippen molar-refractivity contribution in [2.75, 3.05) is 26.3 Å². The summed E-state index contributed by atoms with van der Waals surface area (Å²) in [4.78, 5) is 15.6. The standard InChI is InChI=1S/C20H30N2O2.ClH/c1-15-4-6-16(7-5-15)20(9-12-24-13-10-20)18(23)22-11-8-17(21)19(2,3)14-22;/h4-7,17H,8-14,21H2,1-3H3;1H. The number of amides is 1. The molecule has 0 bridgehead atoms. The van der Waals surface area contributed by atoms with Gasteiger partial charge in [0.25, 0.3) is 0 Å². The maximum atomic E-state index is 13.6. The lowest BCUT2D eigenvalue weighted by Crippen LogP contribution is -2.58. The summed E-state index contributed by atoms with van der Waals surface area (Å²) in [5, 5.41) is 0. The molecule has 25 heavy (non-hydrogen) atoms. The molecule has 1 unspecified atom stereocenters. The van der Waals surface area contributed by atoms with Crippen LogP contribution in [0.5, 0.6) is 0 Å². The van der Waals surface area contributed by atoms with Crippen LogP contribution in [-0.2, 0) is 14.9 Å². The number of halogens is 1. The van der Waals surface area contributed by atoms with Crippen LogP contribution in [-0.4, -0.2) is 43.2 Å². The fourth-order valence-electron chi connectivity index (χ4n) is 4.07. The molecule has 1 aromatic rings. The molecule has 2 aliphatic rings. The Bertz CT molecular complexity index is 594. The molecule has 1 atom stereocenters. The molecule has 0 radical (unpaired) electrons. The van der Waals surface area contributed by atoms with Gasteiger partial charge in [0.15, 0.2) is 0 Å². The van der Waals surface area contributed by atoms with Gasteiger partial charge in [-0.05, 0) is 37.2 Å². The Morgan fingerprint density at radius 2 is 1.80 bits per heavy atom. The zero-order valence-electron chi connectivity index (χ0n) is 15.6. The maximum absolute atomic E-state index is 13.6. The van der Waals surface area contributed by atoms with E-state index in [1.165, 1.54) is 5.56 Å². The van der Waals surface area contributed by atoms with Gasteiger partial charge in [-0.2, -0.15) is 0 Å². The summed E-state index contributed by atoms with van der Waals surface area (Å²) in [5.74, 6) is 0.259. The quantitative estimate of drug-likeness (QED) is 0.875. The van der Waals surface area contributed by atoms with Crippen molar-refractivity contribution in [3.8, 4) is 0 Å². The SMILES string of the molecule is Cc1ccc(C2(C(=O)N3CCC(N)C(C)(C)C3)CCOCC2)cc1.Cl. The smallest absolute Gasteiger partial charge is 0.233 e. The third-order valence-electron chi connectivity index (χ3n) is 5.96. The molecule has 2 aliphatic heterocycles. The van der Waals surface area contributed by atoms with Gasteiger partial charge in [0.05, 0.1) is 5.41 Å². The minimum absolute atomic E-state index is 0. The van der Waals surface area contributed by atoms with Crippen molar-refractivity contribution >= 4 is 18.3 Å². The molecule has 2 saturated heterocycles. The van der Waals surface area contributed by atoms with Crippen LogP contribution in [0.3, 0.4) is 0 Å². The molecule has 0 spiro atoms. The van der Waals surface area contributed by atoms with Gasteiger partial charge in [-0.25, -0.2) is 0 Å². The van der Waals surface area contributed by atoms with Gasteiger partial charge in [-0.1, -0.05) is 43.7 Å². The Balaban J connectivity index is 0.00000225. The van der Waals surface area contributed by atoms with Crippen molar-refractivity contribution in [2.45, 2.75) is 51.5 Å². The number of aryl methyl sites for hydroxylation is 1. The highest BCUT2D eigenvalue weighted by Gasteiger charge is 2.46. The lowest BCUT2D eigenvalue weighted by Gasteiger charge is -2.47. The van der Waals surface area contributed by atoms with Crippen molar-refractivity contribution in [3.63, 3.8) is 0 Å². The number of hydrogen-bond donors (Lipinski definition) is 1. The Kier molecular flexibility index (Phi) is 6.18. The van der Waals surface area contributed by atoms with Crippen LogP contribution < -0.4 is 5.73 Å². The van der Waals surface area contributed by atoms with E-state index in [1.807, 2.05) is 0 Å². The molecule has 5 heteroatoms. The molecular formula is C20H31ClN2O2. The Morgan fingerprint density at radius 1 is 1.20 bits per heavy atom. The van der Waals surface area contributed by atoms with Crippen LogP contribution in [0.25, 0.3) is 0 Å². The summed E-state index contributed by atoms with van der Waals surface area (Å²) >= 11 is 0. The van der Waals surface area contributed by atoms with E-state index in [9.17, 15) is 4.79 Å². The molecule has 0 aliphatic carbocycles. The van der Waals surface area contributed by atoms with Gasteiger partial charge in [0.2, 0.25) is 5.91 Å². The van der Waals surface area contributed by atoms with Crippen molar-refractivity contribution in [2.24, 2.45) is 11.1 Å². The molecule has 0 aromatic heterocycles. The molecule has 1 aromatic carbocycles. The molecule has 1 amide bonds. The van der Waals surface area contributed by atoms with Gasteiger partial charge >= 0.3 is 0 Å². The summed E-state index contributed by atoms with van der Waals surface area (Å²) in [5.41, 5.74) is 8.14. The van der Waals surface area contributed by atoms with Crippen molar-refractivity contribution in [1.29, 1.82) is 0 Å². The second-order valence-corrected chi connectivity index (χ2v) is 8.17. The van der Waals surface area contributed by atoms with Crippen molar-refractivity contribution in [1.82, 2.24) is 4.90 Å². The minimum atomic E-state index is -0.441. The molecule has 3 rings (SSSR count). The van der Waals surface area contributed by atoms with Crippen molar-refractivity contribution in [3.05, 3.63) is 35.4 Å². The second-order valence-electron chi connectivity index (χ2n) is 8.17. The number of nitrogens with two attached hydrogens (primary N) is 1. The van der Waals surface area contributed by atoms with E-state index >= 15 is 0 Å². The molecule has 140 valence electrons. The third kappa shape index (κ3) is 3.86. The zero-order chi connectivity index (χ0) is 17.4. The first-order valence-electron chi connectivity index (χ1n) is 9.05. The predicted octanol–water partition coefficient (Wildman–Crippen LogP) is 3.05. The number of likely N-dealkylation sites (tertiary alicyclic amines) is 1. The first kappa shape index (κ1) is 20.2. The van der Waals surface area contributed by atoms with E-state index in [-0.39, 0.29) is 29.8 Å². The highest BCUT2D eigenvalue weighted by atomic mass is 35.5. The molecular weight excluding hydrogens is 336 g/mol. The first-order chi connectivity index (χ1) is 11.3. The van der Waals surface area contributed by atoms with E-state index in [1.54, 1.807) is 0 Å². The second kappa shape index (κ2) is 7.65. The number of ether oxygens (including phenoxy) is 1. The summed E-state index contributed by atoms with van der Waals surface area (Å²) in [7, 11) is 0. The van der Waals surface area contributed by atoms with Gasteiger partial charge in [0, 0.05) is 32.3 Å². The van der Waals surface area contributed by atoms with Gasteiger partial charge in [-0.3, -0.25) is 4.79 Å². The Morgan fingerprint density at radius 3 is 2.36 bits per heavy atom. The average Bonchev–Trinajstić information content (AvgIpc) is 2.58.